The smallest absolute Gasteiger partial charge is 0.133 e. The number of hydrogen-bond donors (Lipinski definition) is 0. The molecule has 0 aromatic heterocycles. The molecule has 0 saturated heterocycles. The van der Waals surface area contributed by atoms with Gasteiger partial charge in [-0.2, -0.15) is 0 Å². The quantitative estimate of drug-likeness (QED) is 0.632. The van der Waals surface area contributed by atoms with Gasteiger partial charge >= 0.3 is 0 Å². The Bertz CT molecular complexity index is 149. The molecule has 0 aromatic carbocycles. The van der Waals surface area contributed by atoms with Crippen LogP contribution in [0.5, 0.6) is 0 Å². The summed E-state index contributed by atoms with van der Waals surface area (Å²) < 4.78 is 0. The Labute approximate surface area is 75.5 Å². The minimum Gasteiger partial charge on any atom is -0.300 e. The first-order valence-electron chi connectivity index (χ1n) is 5.20. The van der Waals surface area contributed by atoms with E-state index < -0.39 is 0 Å². The van der Waals surface area contributed by atoms with Gasteiger partial charge in [0.15, 0.2) is 0 Å². The number of ketones is 1. The highest BCUT2D eigenvalue weighted by Gasteiger charge is 2.18. The second-order valence-electron chi connectivity index (χ2n) is 4.47. The third-order valence-corrected chi connectivity index (χ3v) is 2.74. The van der Waals surface area contributed by atoms with Crippen LogP contribution in [0.3, 0.4) is 0 Å². The van der Waals surface area contributed by atoms with Crippen molar-refractivity contribution >= 4 is 5.78 Å². The predicted molar refractivity (Wildman–Crippen MR) is 51.0 cm³/mol. The number of Topliss-reactive ketones (excluding diaryl/α,β-unsaturated/α-hetero) is 1. The molecular weight excluding hydrogens is 148 g/mol. The van der Waals surface area contributed by atoms with Gasteiger partial charge in [0.25, 0.3) is 0 Å². The average Bonchev–Trinajstić information content (AvgIpc) is 2.01. The third kappa shape index (κ3) is 3.38. The van der Waals surface area contributed by atoms with E-state index in [4.69, 9.17) is 0 Å². The molecule has 1 fully saturated rings. The molecular formula is C11H20O. The number of carbonyl (C=O) groups excluding carboxylic acids is 1. The van der Waals surface area contributed by atoms with Crippen LogP contribution in [0.4, 0.5) is 0 Å². The monoisotopic (exact) mass is 168 g/mol. The Balaban J connectivity index is 2.18. The van der Waals surface area contributed by atoms with E-state index in [2.05, 4.69) is 13.8 Å². The molecule has 0 radical (unpaired) electrons. The Kier molecular flexibility index (Phi) is 3.77. The summed E-state index contributed by atoms with van der Waals surface area (Å²) in [5.74, 6) is 2.01. The van der Waals surface area contributed by atoms with E-state index in [-0.39, 0.29) is 0 Å². The minimum absolute atomic E-state index is 0.495. The maximum atomic E-state index is 11.1. The molecule has 0 amide bonds. The molecule has 1 aliphatic carbocycles. The summed E-state index contributed by atoms with van der Waals surface area (Å²) in [5.41, 5.74) is 0. The lowest BCUT2D eigenvalue weighted by molar-refractivity contribution is -0.121. The van der Waals surface area contributed by atoms with Crippen LogP contribution in [0.25, 0.3) is 0 Å². The Morgan fingerprint density at radius 2 is 2.25 bits per heavy atom. The Morgan fingerprint density at radius 1 is 1.50 bits per heavy atom. The molecule has 1 atom stereocenters. The average molecular weight is 168 g/mol. The van der Waals surface area contributed by atoms with Crippen molar-refractivity contribution in [1.29, 1.82) is 0 Å². The van der Waals surface area contributed by atoms with Crippen molar-refractivity contribution in [3.05, 3.63) is 0 Å². The fourth-order valence-corrected chi connectivity index (χ4v) is 1.93. The molecule has 1 unspecified atom stereocenters. The van der Waals surface area contributed by atoms with Crippen LogP contribution >= 0.6 is 0 Å². The zero-order valence-electron chi connectivity index (χ0n) is 8.31. The molecule has 1 saturated carbocycles. The first-order chi connectivity index (χ1) is 5.68. The maximum absolute atomic E-state index is 11.1. The summed E-state index contributed by atoms with van der Waals surface area (Å²) >= 11 is 0. The van der Waals surface area contributed by atoms with E-state index >= 15 is 0 Å². The van der Waals surface area contributed by atoms with E-state index in [0.29, 0.717) is 11.7 Å². The largest absolute Gasteiger partial charge is 0.300 e. The molecule has 1 aliphatic rings. The van der Waals surface area contributed by atoms with Gasteiger partial charge in [-0.25, -0.2) is 0 Å². The van der Waals surface area contributed by atoms with Crippen molar-refractivity contribution in [2.45, 2.75) is 52.4 Å². The van der Waals surface area contributed by atoms with Gasteiger partial charge in [-0.1, -0.05) is 20.3 Å². The van der Waals surface area contributed by atoms with E-state index in [1.807, 2.05) is 0 Å². The van der Waals surface area contributed by atoms with Gasteiger partial charge in [-0.15, -0.1) is 0 Å². The van der Waals surface area contributed by atoms with Gasteiger partial charge in [0, 0.05) is 12.8 Å². The fraction of sp³-hybridized carbons (Fsp3) is 0.909. The first kappa shape index (κ1) is 9.76. The summed E-state index contributed by atoms with van der Waals surface area (Å²) in [5, 5.41) is 0. The number of hydrogen-bond acceptors (Lipinski definition) is 1. The SMILES string of the molecule is CC(C)CCC1CCCC(=O)C1. The van der Waals surface area contributed by atoms with Crippen molar-refractivity contribution in [3.8, 4) is 0 Å². The number of carbonyl (C=O) groups is 1. The molecule has 1 rings (SSSR count). The lowest BCUT2D eigenvalue weighted by Gasteiger charge is -2.21. The van der Waals surface area contributed by atoms with Gasteiger partial charge in [-0.3, -0.25) is 4.79 Å². The predicted octanol–water partition coefficient (Wildman–Crippen LogP) is 3.18. The van der Waals surface area contributed by atoms with Crippen LogP contribution in [0, 0.1) is 11.8 Å². The van der Waals surface area contributed by atoms with Crippen LogP contribution in [0.1, 0.15) is 52.4 Å². The summed E-state index contributed by atoms with van der Waals surface area (Å²) in [6, 6.07) is 0. The zero-order chi connectivity index (χ0) is 8.97. The van der Waals surface area contributed by atoms with Crippen LogP contribution in [-0.2, 0) is 4.79 Å². The summed E-state index contributed by atoms with van der Waals surface area (Å²) in [4.78, 5) is 11.1. The van der Waals surface area contributed by atoms with Gasteiger partial charge in [0.2, 0.25) is 0 Å². The summed E-state index contributed by atoms with van der Waals surface area (Å²) in [6.07, 6.45) is 6.70. The lowest BCUT2D eigenvalue weighted by atomic mass is 9.84. The summed E-state index contributed by atoms with van der Waals surface area (Å²) in [7, 11) is 0. The normalized spacial score (nSPS) is 24.9. The molecule has 1 nitrogen and oxygen atoms in total. The molecule has 0 aliphatic heterocycles. The fourth-order valence-electron chi connectivity index (χ4n) is 1.93. The van der Waals surface area contributed by atoms with Crippen molar-refractivity contribution in [1.82, 2.24) is 0 Å². The highest BCUT2D eigenvalue weighted by atomic mass is 16.1. The molecule has 0 bridgehead atoms. The molecule has 70 valence electrons. The molecule has 0 heterocycles. The highest BCUT2D eigenvalue weighted by molar-refractivity contribution is 5.79. The second-order valence-corrected chi connectivity index (χ2v) is 4.47. The Hall–Kier alpha value is -0.330. The highest BCUT2D eigenvalue weighted by Crippen LogP contribution is 2.26. The van der Waals surface area contributed by atoms with E-state index in [0.717, 1.165) is 25.2 Å². The molecule has 1 heteroatoms. The van der Waals surface area contributed by atoms with Crippen LogP contribution < -0.4 is 0 Å². The van der Waals surface area contributed by atoms with Crippen LogP contribution in [0.15, 0.2) is 0 Å². The second kappa shape index (κ2) is 4.64. The zero-order valence-corrected chi connectivity index (χ0v) is 8.31. The van der Waals surface area contributed by atoms with E-state index in [1.165, 1.54) is 19.3 Å². The van der Waals surface area contributed by atoms with Crippen molar-refractivity contribution in [3.63, 3.8) is 0 Å². The van der Waals surface area contributed by atoms with Crippen molar-refractivity contribution < 1.29 is 4.79 Å². The Morgan fingerprint density at radius 3 is 2.83 bits per heavy atom. The first-order valence-corrected chi connectivity index (χ1v) is 5.20. The lowest BCUT2D eigenvalue weighted by Crippen LogP contribution is -2.15. The molecule has 12 heavy (non-hydrogen) atoms. The van der Waals surface area contributed by atoms with Gasteiger partial charge in [0.1, 0.15) is 5.78 Å². The van der Waals surface area contributed by atoms with Gasteiger partial charge < -0.3 is 0 Å². The van der Waals surface area contributed by atoms with Crippen molar-refractivity contribution in [2.75, 3.05) is 0 Å². The van der Waals surface area contributed by atoms with Crippen LogP contribution in [0.2, 0.25) is 0 Å². The standard InChI is InChI=1S/C11H20O/c1-9(2)6-7-10-4-3-5-11(12)8-10/h9-10H,3-8H2,1-2H3. The molecule has 0 spiro atoms. The summed E-state index contributed by atoms with van der Waals surface area (Å²) in [6.45, 7) is 4.51. The number of rotatable bonds is 3. The van der Waals surface area contributed by atoms with E-state index in [9.17, 15) is 4.79 Å². The molecule has 0 aromatic rings. The molecule has 0 N–H and O–H groups in total. The van der Waals surface area contributed by atoms with E-state index in [1.54, 1.807) is 0 Å². The van der Waals surface area contributed by atoms with Crippen molar-refractivity contribution in [2.24, 2.45) is 11.8 Å². The third-order valence-electron chi connectivity index (χ3n) is 2.74. The van der Waals surface area contributed by atoms with Gasteiger partial charge in [0.05, 0.1) is 0 Å². The minimum atomic E-state index is 0.495. The van der Waals surface area contributed by atoms with Crippen LogP contribution in [-0.4, -0.2) is 5.78 Å². The van der Waals surface area contributed by atoms with Gasteiger partial charge in [-0.05, 0) is 31.1 Å². The topological polar surface area (TPSA) is 17.1 Å². The maximum Gasteiger partial charge on any atom is 0.133 e.